The van der Waals surface area contributed by atoms with Gasteiger partial charge in [0.1, 0.15) is 10.0 Å². The minimum absolute atomic E-state index is 0.610. The van der Waals surface area contributed by atoms with E-state index in [1.165, 1.54) is 36.0 Å². The maximum atomic E-state index is 5.71. The van der Waals surface area contributed by atoms with Crippen LogP contribution in [0, 0.1) is 0 Å². The number of benzene rings is 1. The largest absolute Gasteiger partial charge is 0.147 e. The molecule has 1 aromatic heterocycles. The van der Waals surface area contributed by atoms with Crippen molar-refractivity contribution in [3.05, 3.63) is 34.3 Å². The molecule has 0 aliphatic heterocycles. The van der Waals surface area contributed by atoms with Crippen LogP contribution in [0.2, 0.25) is 0 Å². The molecule has 1 aliphatic rings. The third-order valence-corrected chi connectivity index (χ3v) is 4.34. The van der Waals surface area contributed by atoms with Crippen LogP contribution in [0.3, 0.4) is 0 Å². The van der Waals surface area contributed by atoms with E-state index in [0.29, 0.717) is 5.88 Å². The summed E-state index contributed by atoms with van der Waals surface area (Å²) in [5, 5.41) is 10.4. The van der Waals surface area contributed by atoms with Crippen LogP contribution < -0.4 is 0 Å². The molecule has 0 bridgehead atoms. The Bertz CT molecular complexity index is 536. The van der Waals surface area contributed by atoms with Gasteiger partial charge >= 0.3 is 0 Å². The molecule has 0 fully saturated rings. The van der Waals surface area contributed by atoms with Gasteiger partial charge in [0.25, 0.3) is 0 Å². The van der Waals surface area contributed by atoms with Crippen molar-refractivity contribution in [2.45, 2.75) is 25.7 Å². The van der Waals surface area contributed by atoms with Crippen molar-refractivity contribution in [2.75, 3.05) is 5.88 Å². The second-order valence-corrected chi connectivity index (χ2v) is 5.72. The van der Waals surface area contributed by atoms with Crippen molar-refractivity contribution in [1.29, 1.82) is 0 Å². The highest BCUT2D eigenvalue weighted by atomic mass is 35.5. The van der Waals surface area contributed by atoms with E-state index < -0.39 is 0 Å². The fraction of sp³-hybridized carbons (Fsp3) is 0.385. The fourth-order valence-electron chi connectivity index (χ4n) is 2.26. The van der Waals surface area contributed by atoms with Crippen molar-refractivity contribution >= 4 is 22.9 Å². The van der Waals surface area contributed by atoms with Crippen LogP contribution in [0.1, 0.15) is 22.6 Å². The number of halogens is 1. The van der Waals surface area contributed by atoms with E-state index in [2.05, 4.69) is 28.4 Å². The SMILES string of the molecule is ClCCc1nnc(-c2ccc3c(c2)CCC3)s1. The van der Waals surface area contributed by atoms with E-state index >= 15 is 0 Å². The number of nitrogens with zero attached hydrogens (tertiary/aromatic N) is 2. The lowest BCUT2D eigenvalue weighted by Gasteiger charge is -2.00. The maximum absolute atomic E-state index is 5.71. The second-order valence-electron chi connectivity index (χ2n) is 4.28. The molecular formula is C13H13ClN2S. The first kappa shape index (κ1) is 11.2. The molecule has 17 heavy (non-hydrogen) atoms. The monoisotopic (exact) mass is 264 g/mol. The molecule has 0 atom stereocenters. The summed E-state index contributed by atoms with van der Waals surface area (Å²) in [5.41, 5.74) is 4.18. The Morgan fingerprint density at radius 2 is 2.06 bits per heavy atom. The smallest absolute Gasteiger partial charge is 0.143 e. The Morgan fingerprint density at radius 3 is 2.94 bits per heavy atom. The summed E-state index contributed by atoms with van der Waals surface area (Å²) in [4.78, 5) is 0. The van der Waals surface area contributed by atoms with Crippen molar-refractivity contribution in [2.24, 2.45) is 0 Å². The number of aryl methyl sites for hydroxylation is 3. The van der Waals surface area contributed by atoms with Crippen molar-refractivity contribution in [1.82, 2.24) is 10.2 Å². The van der Waals surface area contributed by atoms with E-state index in [4.69, 9.17) is 11.6 Å². The molecule has 0 radical (unpaired) electrons. The van der Waals surface area contributed by atoms with Crippen LogP contribution in [0.15, 0.2) is 18.2 Å². The minimum atomic E-state index is 0.610. The summed E-state index contributed by atoms with van der Waals surface area (Å²) < 4.78 is 0. The van der Waals surface area contributed by atoms with Gasteiger partial charge in [-0.15, -0.1) is 21.8 Å². The van der Waals surface area contributed by atoms with Crippen LogP contribution in [0.4, 0.5) is 0 Å². The Balaban J connectivity index is 1.92. The van der Waals surface area contributed by atoms with Crippen LogP contribution in [-0.2, 0) is 19.3 Å². The van der Waals surface area contributed by atoms with E-state index in [9.17, 15) is 0 Å². The van der Waals surface area contributed by atoms with Crippen molar-refractivity contribution in [3.8, 4) is 10.6 Å². The quantitative estimate of drug-likeness (QED) is 0.794. The summed E-state index contributed by atoms with van der Waals surface area (Å²) in [5.74, 6) is 0.610. The average Bonchev–Trinajstić information content (AvgIpc) is 2.96. The van der Waals surface area contributed by atoms with Crippen LogP contribution in [0.25, 0.3) is 10.6 Å². The molecular weight excluding hydrogens is 252 g/mol. The molecule has 0 saturated heterocycles. The van der Waals surface area contributed by atoms with Crippen LogP contribution in [-0.4, -0.2) is 16.1 Å². The first-order valence-electron chi connectivity index (χ1n) is 5.87. The number of fused-ring (bicyclic) bond motifs is 1. The van der Waals surface area contributed by atoms with Gasteiger partial charge in [-0.1, -0.05) is 23.5 Å². The highest BCUT2D eigenvalue weighted by Crippen LogP contribution is 2.29. The van der Waals surface area contributed by atoms with Crippen LogP contribution >= 0.6 is 22.9 Å². The van der Waals surface area contributed by atoms with Gasteiger partial charge < -0.3 is 0 Å². The molecule has 0 amide bonds. The summed E-state index contributed by atoms with van der Waals surface area (Å²) in [6.07, 6.45) is 4.52. The predicted octanol–water partition coefficient (Wildman–Crippen LogP) is 3.48. The lowest BCUT2D eigenvalue weighted by Crippen LogP contribution is -1.84. The molecule has 0 unspecified atom stereocenters. The molecule has 2 aromatic rings. The zero-order valence-electron chi connectivity index (χ0n) is 9.45. The molecule has 0 N–H and O–H groups in total. The van der Waals surface area contributed by atoms with Gasteiger partial charge in [0.2, 0.25) is 0 Å². The fourth-order valence-corrected chi connectivity index (χ4v) is 3.38. The molecule has 1 aromatic carbocycles. The molecule has 88 valence electrons. The lowest BCUT2D eigenvalue weighted by molar-refractivity contribution is 0.912. The maximum Gasteiger partial charge on any atom is 0.147 e. The van der Waals surface area contributed by atoms with E-state index in [0.717, 1.165) is 16.4 Å². The van der Waals surface area contributed by atoms with Gasteiger partial charge in [-0.3, -0.25) is 0 Å². The molecule has 4 heteroatoms. The first-order valence-corrected chi connectivity index (χ1v) is 7.22. The summed E-state index contributed by atoms with van der Waals surface area (Å²) in [6.45, 7) is 0. The minimum Gasteiger partial charge on any atom is -0.143 e. The number of rotatable bonds is 3. The average molecular weight is 265 g/mol. The van der Waals surface area contributed by atoms with Crippen molar-refractivity contribution < 1.29 is 0 Å². The van der Waals surface area contributed by atoms with Gasteiger partial charge in [-0.2, -0.15) is 0 Å². The number of hydrogen-bond donors (Lipinski definition) is 0. The molecule has 0 spiro atoms. The van der Waals surface area contributed by atoms with E-state index in [1.54, 1.807) is 11.3 Å². The molecule has 2 nitrogen and oxygen atoms in total. The third-order valence-electron chi connectivity index (χ3n) is 3.12. The Labute approximate surface area is 110 Å². The zero-order chi connectivity index (χ0) is 11.7. The van der Waals surface area contributed by atoms with Crippen molar-refractivity contribution in [3.63, 3.8) is 0 Å². The Hall–Kier alpha value is -0.930. The number of alkyl halides is 1. The van der Waals surface area contributed by atoms with Gasteiger partial charge in [0.05, 0.1) is 0 Å². The standard InChI is InChI=1S/C13H13ClN2S/c14-7-6-12-15-16-13(17-12)11-5-4-9-2-1-3-10(9)8-11/h4-5,8H,1-3,6-7H2. The predicted molar refractivity (Wildman–Crippen MR) is 71.8 cm³/mol. The van der Waals surface area contributed by atoms with Gasteiger partial charge in [0.15, 0.2) is 0 Å². The lowest BCUT2D eigenvalue weighted by atomic mass is 10.1. The topological polar surface area (TPSA) is 25.8 Å². The van der Waals surface area contributed by atoms with Gasteiger partial charge in [0, 0.05) is 17.9 Å². The summed E-state index contributed by atoms with van der Waals surface area (Å²) in [7, 11) is 0. The summed E-state index contributed by atoms with van der Waals surface area (Å²) in [6, 6.07) is 6.67. The third kappa shape index (κ3) is 2.22. The number of aromatic nitrogens is 2. The highest BCUT2D eigenvalue weighted by molar-refractivity contribution is 7.14. The Morgan fingerprint density at radius 1 is 1.18 bits per heavy atom. The van der Waals surface area contributed by atoms with Gasteiger partial charge in [-0.25, -0.2) is 0 Å². The molecule has 3 rings (SSSR count). The first-order chi connectivity index (χ1) is 8.36. The second kappa shape index (κ2) is 4.75. The van der Waals surface area contributed by atoms with E-state index in [1.807, 2.05) is 0 Å². The molecule has 1 heterocycles. The molecule has 1 aliphatic carbocycles. The zero-order valence-corrected chi connectivity index (χ0v) is 11.0. The summed E-state index contributed by atoms with van der Waals surface area (Å²) >= 11 is 7.36. The van der Waals surface area contributed by atoms with Gasteiger partial charge in [-0.05, 0) is 36.5 Å². The van der Waals surface area contributed by atoms with E-state index in [-0.39, 0.29) is 0 Å². The molecule has 0 saturated carbocycles. The highest BCUT2D eigenvalue weighted by Gasteiger charge is 2.13. The Kier molecular flexibility index (Phi) is 3.12. The number of hydrogen-bond acceptors (Lipinski definition) is 3. The van der Waals surface area contributed by atoms with Crippen LogP contribution in [0.5, 0.6) is 0 Å². The normalized spacial score (nSPS) is 13.9.